The number of piperazine rings is 1. The van der Waals surface area contributed by atoms with Crippen molar-refractivity contribution in [2.24, 2.45) is 0 Å². The first-order chi connectivity index (χ1) is 16.5. The van der Waals surface area contributed by atoms with E-state index in [2.05, 4.69) is 40.1 Å². The van der Waals surface area contributed by atoms with Gasteiger partial charge in [0.15, 0.2) is 11.5 Å². The summed E-state index contributed by atoms with van der Waals surface area (Å²) in [4.78, 5) is 4.97. The Labute approximate surface area is 236 Å². The minimum atomic E-state index is 0. The van der Waals surface area contributed by atoms with Gasteiger partial charge in [0.05, 0.1) is 27.4 Å². The minimum absolute atomic E-state index is 0. The van der Waals surface area contributed by atoms with Crippen molar-refractivity contribution in [3.8, 4) is 17.2 Å². The number of rotatable bonds is 8. The predicted molar refractivity (Wildman–Crippen MR) is 152 cm³/mol. The number of methoxy groups -OCH3 is 3. The van der Waals surface area contributed by atoms with Gasteiger partial charge < -0.3 is 14.2 Å². The highest BCUT2D eigenvalue weighted by Crippen LogP contribution is 2.40. The fourth-order valence-electron chi connectivity index (χ4n) is 4.61. The average Bonchev–Trinajstić information content (AvgIpc) is 2.87. The maximum atomic E-state index is 6.17. The van der Waals surface area contributed by atoms with Crippen LogP contribution in [-0.4, -0.2) is 57.3 Å². The molecule has 0 bridgehead atoms. The lowest BCUT2D eigenvalue weighted by Crippen LogP contribution is -2.47. The van der Waals surface area contributed by atoms with Crippen LogP contribution < -0.4 is 14.2 Å². The van der Waals surface area contributed by atoms with Crippen LogP contribution in [0, 0.1) is 0 Å². The van der Waals surface area contributed by atoms with E-state index in [4.69, 9.17) is 37.4 Å². The van der Waals surface area contributed by atoms with E-state index in [1.54, 1.807) is 21.3 Å². The highest BCUT2D eigenvalue weighted by molar-refractivity contribution is 6.30. The van der Waals surface area contributed by atoms with Gasteiger partial charge in [-0.05, 0) is 41.5 Å². The van der Waals surface area contributed by atoms with E-state index >= 15 is 0 Å². The topological polar surface area (TPSA) is 34.2 Å². The predicted octanol–water partition coefficient (Wildman–Crippen LogP) is 6.77. The Balaban J connectivity index is 0.00000228. The number of halogens is 4. The molecule has 0 aliphatic carbocycles. The normalized spacial score (nSPS) is 14.1. The SMILES string of the molecule is COc1ccc(CN2CCN(C(c3ccc(Cl)cc3)c3ccc(Cl)cc3)CC2)c(OC)c1OC.Cl.Cl. The highest BCUT2D eigenvalue weighted by Gasteiger charge is 2.27. The van der Waals surface area contributed by atoms with Crippen molar-refractivity contribution >= 4 is 48.0 Å². The highest BCUT2D eigenvalue weighted by atomic mass is 35.5. The molecule has 0 N–H and O–H groups in total. The maximum Gasteiger partial charge on any atom is 0.203 e. The zero-order valence-corrected chi connectivity index (χ0v) is 23.7. The van der Waals surface area contributed by atoms with Gasteiger partial charge >= 0.3 is 0 Å². The van der Waals surface area contributed by atoms with Crippen LogP contribution in [-0.2, 0) is 6.54 Å². The second-order valence-electron chi connectivity index (χ2n) is 8.31. The minimum Gasteiger partial charge on any atom is -0.493 e. The van der Waals surface area contributed by atoms with E-state index in [0.717, 1.165) is 54.1 Å². The lowest BCUT2D eigenvalue weighted by atomic mass is 9.96. The first-order valence-electron chi connectivity index (χ1n) is 11.3. The van der Waals surface area contributed by atoms with Gasteiger partial charge in [0.1, 0.15) is 0 Å². The third kappa shape index (κ3) is 6.91. The van der Waals surface area contributed by atoms with Crippen molar-refractivity contribution < 1.29 is 14.2 Å². The molecular weight excluding hydrogens is 542 g/mol. The molecule has 9 heteroatoms. The van der Waals surface area contributed by atoms with Crippen molar-refractivity contribution in [1.82, 2.24) is 9.80 Å². The number of hydrogen-bond acceptors (Lipinski definition) is 5. The summed E-state index contributed by atoms with van der Waals surface area (Å²) < 4.78 is 16.7. The van der Waals surface area contributed by atoms with Crippen LogP contribution in [0.4, 0.5) is 0 Å². The van der Waals surface area contributed by atoms with Gasteiger partial charge in [-0.1, -0.05) is 53.5 Å². The maximum absolute atomic E-state index is 6.17. The molecule has 0 aromatic heterocycles. The Morgan fingerprint density at radius 1 is 0.667 bits per heavy atom. The standard InChI is InChI=1S/C27H30Cl2N2O3.2ClH/c1-32-24-13-8-21(26(33-2)27(24)34-3)18-30-14-16-31(17-15-30)25(19-4-9-22(28)10-5-19)20-6-11-23(29)12-7-20;;/h4-13,25H,14-18H2,1-3H3;2*1H. The number of nitrogens with zero attached hydrogens (tertiary/aromatic N) is 2. The van der Waals surface area contributed by atoms with Gasteiger partial charge in [0, 0.05) is 48.3 Å². The molecule has 0 unspecified atom stereocenters. The Morgan fingerprint density at radius 3 is 1.61 bits per heavy atom. The third-order valence-electron chi connectivity index (χ3n) is 6.32. The van der Waals surface area contributed by atoms with Gasteiger partial charge in [0.25, 0.3) is 0 Å². The molecule has 4 rings (SSSR count). The molecule has 3 aromatic carbocycles. The molecule has 0 radical (unpaired) electrons. The summed E-state index contributed by atoms with van der Waals surface area (Å²) in [6, 6.07) is 20.4. The lowest BCUT2D eigenvalue weighted by molar-refractivity contribution is 0.104. The molecule has 1 saturated heterocycles. The lowest BCUT2D eigenvalue weighted by Gasteiger charge is -2.40. The van der Waals surface area contributed by atoms with Crippen LogP contribution in [0.25, 0.3) is 0 Å². The molecule has 0 saturated carbocycles. The molecule has 1 aliphatic rings. The molecule has 3 aromatic rings. The van der Waals surface area contributed by atoms with Gasteiger partial charge in [0.2, 0.25) is 5.75 Å². The Bertz CT molecular complexity index is 1040. The average molecular weight is 574 g/mol. The summed E-state index contributed by atoms with van der Waals surface area (Å²) in [6.45, 7) is 4.53. The van der Waals surface area contributed by atoms with Crippen LogP contribution in [0.5, 0.6) is 17.2 Å². The largest absolute Gasteiger partial charge is 0.493 e. The van der Waals surface area contributed by atoms with Gasteiger partial charge in [-0.3, -0.25) is 9.80 Å². The van der Waals surface area contributed by atoms with E-state index in [1.165, 1.54) is 11.1 Å². The molecule has 1 fully saturated rings. The van der Waals surface area contributed by atoms with Gasteiger partial charge in [-0.2, -0.15) is 0 Å². The molecule has 196 valence electrons. The second kappa shape index (κ2) is 14.2. The van der Waals surface area contributed by atoms with Crippen LogP contribution >= 0.6 is 48.0 Å². The van der Waals surface area contributed by atoms with Crippen molar-refractivity contribution in [2.45, 2.75) is 12.6 Å². The van der Waals surface area contributed by atoms with Crippen LogP contribution in [0.2, 0.25) is 10.0 Å². The van der Waals surface area contributed by atoms with Crippen LogP contribution in [0.3, 0.4) is 0 Å². The summed E-state index contributed by atoms with van der Waals surface area (Å²) in [6.07, 6.45) is 0. The molecule has 0 amide bonds. The van der Waals surface area contributed by atoms with E-state index in [-0.39, 0.29) is 30.9 Å². The van der Waals surface area contributed by atoms with Crippen LogP contribution in [0.1, 0.15) is 22.7 Å². The quantitative estimate of drug-likeness (QED) is 0.297. The number of hydrogen-bond donors (Lipinski definition) is 0. The fourth-order valence-corrected chi connectivity index (χ4v) is 4.86. The summed E-state index contributed by atoms with van der Waals surface area (Å²) in [5.41, 5.74) is 3.53. The molecular formula is C27H32Cl4N2O3. The summed E-state index contributed by atoms with van der Waals surface area (Å²) in [5, 5.41) is 1.49. The van der Waals surface area contributed by atoms with E-state index < -0.39 is 0 Å². The molecule has 36 heavy (non-hydrogen) atoms. The van der Waals surface area contributed by atoms with Gasteiger partial charge in [-0.15, -0.1) is 24.8 Å². The Hall–Kier alpha value is -1.86. The molecule has 1 aliphatic heterocycles. The van der Waals surface area contributed by atoms with Crippen molar-refractivity contribution in [1.29, 1.82) is 0 Å². The summed E-state index contributed by atoms with van der Waals surface area (Å²) >= 11 is 12.3. The van der Waals surface area contributed by atoms with E-state index in [1.807, 2.05) is 30.3 Å². The van der Waals surface area contributed by atoms with Crippen molar-refractivity contribution in [2.75, 3.05) is 47.5 Å². The molecule has 0 spiro atoms. The number of benzene rings is 3. The van der Waals surface area contributed by atoms with Crippen molar-refractivity contribution in [3.63, 3.8) is 0 Å². The molecule has 0 atom stereocenters. The first kappa shape index (κ1) is 30.4. The number of ether oxygens (including phenoxy) is 3. The zero-order chi connectivity index (χ0) is 24.1. The summed E-state index contributed by atoms with van der Waals surface area (Å²) in [7, 11) is 4.94. The van der Waals surface area contributed by atoms with E-state index in [9.17, 15) is 0 Å². The smallest absolute Gasteiger partial charge is 0.203 e. The monoisotopic (exact) mass is 572 g/mol. The fraction of sp³-hybridized carbons (Fsp3) is 0.333. The third-order valence-corrected chi connectivity index (χ3v) is 6.83. The van der Waals surface area contributed by atoms with Gasteiger partial charge in [-0.25, -0.2) is 0 Å². The molecule has 1 heterocycles. The second-order valence-corrected chi connectivity index (χ2v) is 9.18. The summed E-state index contributed by atoms with van der Waals surface area (Å²) in [5.74, 6) is 2.03. The first-order valence-corrected chi connectivity index (χ1v) is 12.0. The Morgan fingerprint density at radius 2 is 1.17 bits per heavy atom. The van der Waals surface area contributed by atoms with Crippen LogP contribution in [0.15, 0.2) is 60.7 Å². The van der Waals surface area contributed by atoms with Crippen molar-refractivity contribution in [3.05, 3.63) is 87.4 Å². The Kier molecular flexibility index (Phi) is 12.0. The van der Waals surface area contributed by atoms with E-state index in [0.29, 0.717) is 11.5 Å². The molecule has 5 nitrogen and oxygen atoms in total. The zero-order valence-electron chi connectivity index (χ0n) is 20.6.